The zero-order valence-corrected chi connectivity index (χ0v) is 10.6. The minimum absolute atomic E-state index is 0.107. The van der Waals surface area contributed by atoms with Crippen molar-refractivity contribution < 1.29 is 4.92 Å². The third kappa shape index (κ3) is 2.44. The number of aromatic amines is 1. The van der Waals surface area contributed by atoms with E-state index in [2.05, 4.69) is 11.1 Å². The van der Waals surface area contributed by atoms with Gasteiger partial charge in [-0.3, -0.25) is 10.1 Å². The van der Waals surface area contributed by atoms with Crippen molar-refractivity contribution in [3.63, 3.8) is 0 Å². The van der Waals surface area contributed by atoms with Crippen LogP contribution in [0.3, 0.4) is 0 Å². The number of non-ortho nitro benzene ring substituents is 1. The largest absolute Gasteiger partial charge is 0.361 e. The lowest BCUT2D eigenvalue weighted by Gasteiger charge is -1.96. The maximum absolute atomic E-state index is 10.6. The molecule has 0 amide bonds. The van der Waals surface area contributed by atoms with E-state index in [-0.39, 0.29) is 5.69 Å². The molecule has 0 unspecified atom stereocenters. The van der Waals surface area contributed by atoms with E-state index in [4.69, 9.17) is 0 Å². The van der Waals surface area contributed by atoms with Crippen molar-refractivity contribution in [3.8, 4) is 0 Å². The maximum Gasteiger partial charge on any atom is 0.269 e. The number of aromatic nitrogens is 1. The van der Waals surface area contributed by atoms with E-state index >= 15 is 0 Å². The Morgan fingerprint density at radius 2 is 1.65 bits per heavy atom. The Hall–Kier alpha value is -2.88. The Kier molecular flexibility index (Phi) is 3.05. The predicted octanol–water partition coefficient (Wildman–Crippen LogP) is 4.25. The summed E-state index contributed by atoms with van der Waals surface area (Å²) in [6, 6.07) is 14.7. The summed E-state index contributed by atoms with van der Waals surface area (Å²) in [5, 5.41) is 11.7. The van der Waals surface area contributed by atoms with Gasteiger partial charge >= 0.3 is 0 Å². The van der Waals surface area contributed by atoms with Gasteiger partial charge in [-0.25, -0.2) is 0 Å². The van der Waals surface area contributed by atoms with Gasteiger partial charge in [0.1, 0.15) is 0 Å². The third-order valence-electron chi connectivity index (χ3n) is 3.15. The SMILES string of the molecule is O=[N+]([O-])c1ccc(/C=C/c2ccc3[nH]ccc3c2)cc1. The minimum atomic E-state index is -0.396. The Morgan fingerprint density at radius 3 is 2.40 bits per heavy atom. The van der Waals surface area contributed by atoms with Gasteiger partial charge in [0.05, 0.1) is 4.92 Å². The minimum Gasteiger partial charge on any atom is -0.361 e. The van der Waals surface area contributed by atoms with Gasteiger partial charge in [-0.15, -0.1) is 0 Å². The van der Waals surface area contributed by atoms with E-state index in [0.717, 1.165) is 22.0 Å². The summed E-state index contributed by atoms with van der Waals surface area (Å²) in [6.07, 6.45) is 5.85. The molecule has 0 aliphatic carbocycles. The smallest absolute Gasteiger partial charge is 0.269 e. The number of nitro groups is 1. The molecular formula is C16H12N2O2. The second-order valence-electron chi connectivity index (χ2n) is 4.51. The van der Waals surface area contributed by atoms with E-state index in [0.29, 0.717) is 0 Å². The molecule has 0 fully saturated rings. The van der Waals surface area contributed by atoms with Gasteiger partial charge in [-0.2, -0.15) is 0 Å². The molecule has 0 bridgehead atoms. The predicted molar refractivity (Wildman–Crippen MR) is 80.3 cm³/mol. The molecule has 0 saturated heterocycles. The van der Waals surface area contributed by atoms with Gasteiger partial charge in [0.2, 0.25) is 0 Å². The van der Waals surface area contributed by atoms with Crippen LogP contribution in [0.5, 0.6) is 0 Å². The summed E-state index contributed by atoms with van der Waals surface area (Å²) in [4.78, 5) is 13.3. The summed E-state index contributed by atoms with van der Waals surface area (Å²) < 4.78 is 0. The highest BCUT2D eigenvalue weighted by atomic mass is 16.6. The van der Waals surface area contributed by atoms with Crippen LogP contribution in [0, 0.1) is 10.1 Å². The van der Waals surface area contributed by atoms with Crippen LogP contribution in [-0.4, -0.2) is 9.91 Å². The molecule has 0 radical (unpaired) electrons. The molecule has 20 heavy (non-hydrogen) atoms. The highest BCUT2D eigenvalue weighted by Gasteiger charge is 2.02. The lowest BCUT2D eigenvalue weighted by molar-refractivity contribution is -0.384. The molecule has 0 saturated carbocycles. The molecule has 1 heterocycles. The number of nitro benzene ring substituents is 1. The molecular weight excluding hydrogens is 252 g/mol. The molecule has 98 valence electrons. The number of benzene rings is 2. The van der Waals surface area contributed by atoms with E-state index in [1.54, 1.807) is 12.1 Å². The molecule has 4 nitrogen and oxygen atoms in total. The van der Waals surface area contributed by atoms with E-state index in [1.165, 1.54) is 12.1 Å². The van der Waals surface area contributed by atoms with Crippen LogP contribution in [0.4, 0.5) is 5.69 Å². The van der Waals surface area contributed by atoms with Gasteiger partial charge in [0, 0.05) is 23.8 Å². The molecule has 1 N–H and O–H groups in total. The molecule has 0 aliphatic rings. The fraction of sp³-hybridized carbons (Fsp3) is 0. The first-order valence-corrected chi connectivity index (χ1v) is 6.22. The second-order valence-corrected chi connectivity index (χ2v) is 4.51. The van der Waals surface area contributed by atoms with Crippen molar-refractivity contribution >= 4 is 28.7 Å². The number of fused-ring (bicyclic) bond motifs is 1. The van der Waals surface area contributed by atoms with Crippen molar-refractivity contribution in [3.05, 3.63) is 76.0 Å². The van der Waals surface area contributed by atoms with Gasteiger partial charge in [-0.05, 0) is 46.8 Å². The summed E-state index contributed by atoms with van der Waals surface area (Å²) in [5.74, 6) is 0. The lowest BCUT2D eigenvalue weighted by Crippen LogP contribution is -1.86. The second kappa shape index (κ2) is 5.01. The molecule has 4 heteroatoms. The standard InChI is InChI=1S/C16H12N2O2/c19-18(20)15-6-3-12(4-7-15)1-2-13-5-8-16-14(11-13)9-10-17-16/h1-11,17H/b2-1+. The van der Waals surface area contributed by atoms with Crippen molar-refractivity contribution in [2.75, 3.05) is 0 Å². The van der Waals surface area contributed by atoms with Gasteiger partial charge < -0.3 is 4.98 Å². The Balaban J connectivity index is 1.83. The van der Waals surface area contributed by atoms with Crippen molar-refractivity contribution in [1.82, 2.24) is 4.98 Å². The normalized spacial score (nSPS) is 11.2. The molecule has 3 rings (SSSR count). The van der Waals surface area contributed by atoms with Crippen molar-refractivity contribution in [1.29, 1.82) is 0 Å². The first-order chi connectivity index (χ1) is 9.72. The van der Waals surface area contributed by atoms with Crippen LogP contribution >= 0.6 is 0 Å². The molecule has 3 aromatic rings. The molecule has 0 spiro atoms. The van der Waals surface area contributed by atoms with Crippen molar-refractivity contribution in [2.45, 2.75) is 0 Å². The number of H-pyrrole nitrogens is 1. The first kappa shape index (κ1) is 12.2. The summed E-state index contributed by atoms with van der Waals surface area (Å²) in [5.41, 5.74) is 3.24. The number of rotatable bonds is 3. The number of hydrogen-bond donors (Lipinski definition) is 1. The topological polar surface area (TPSA) is 58.9 Å². The third-order valence-corrected chi connectivity index (χ3v) is 3.15. The molecule has 0 aliphatic heterocycles. The Labute approximate surface area is 115 Å². The fourth-order valence-corrected chi connectivity index (χ4v) is 2.08. The monoisotopic (exact) mass is 264 g/mol. The highest BCUT2D eigenvalue weighted by molar-refractivity contribution is 5.83. The van der Waals surface area contributed by atoms with Crippen LogP contribution in [0.1, 0.15) is 11.1 Å². The average Bonchev–Trinajstić information content (AvgIpc) is 2.93. The zero-order chi connectivity index (χ0) is 13.9. The maximum atomic E-state index is 10.6. The number of nitrogens with zero attached hydrogens (tertiary/aromatic N) is 1. The fourth-order valence-electron chi connectivity index (χ4n) is 2.08. The summed E-state index contributed by atoms with van der Waals surface area (Å²) in [6.45, 7) is 0. The van der Waals surface area contributed by atoms with Gasteiger partial charge in [0.15, 0.2) is 0 Å². The lowest BCUT2D eigenvalue weighted by atomic mass is 10.1. The van der Waals surface area contributed by atoms with Crippen LogP contribution in [0.15, 0.2) is 54.7 Å². The highest BCUT2D eigenvalue weighted by Crippen LogP contribution is 2.17. The molecule has 1 aromatic heterocycles. The van der Waals surface area contributed by atoms with E-state index in [9.17, 15) is 10.1 Å². The quantitative estimate of drug-likeness (QED) is 0.437. The van der Waals surface area contributed by atoms with Gasteiger partial charge in [0.25, 0.3) is 5.69 Å². The number of nitrogens with one attached hydrogen (secondary N) is 1. The zero-order valence-electron chi connectivity index (χ0n) is 10.6. The van der Waals surface area contributed by atoms with Crippen LogP contribution in [0.2, 0.25) is 0 Å². The Bertz CT molecular complexity index is 786. The van der Waals surface area contributed by atoms with Gasteiger partial charge in [-0.1, -0.05) is 18.2 Å². The molecule has 0 atom stereocenters. The Morgan fingerprint density at radius 1 is 0.950 bits per heavy atom. The number of hydrogen-bond acceptors (Lipinski definition) is 2. The van der Waals surface area contributed by atoms with Crippen LogP contribution in [0.25, 0.3) is 23.1 Å². The average molecular weight is 264 g/mol. The first-order valence-electron chi connectivity index (χ1n) is 6.22. The van der Waals surface area contributed by atoms with Crippen molar-refractivity contribution in [2.24, 2.45) is 0 Å². The van der Waals surface area contributed by atoms with E-state index in [1.807, 2.05) is 36.5 Å². The van der Waals surface area contributed by atoms with E-state index < -0.39 is 4.92 Å². The van der Waals surface area contributed by atoms with Crippen LogP contribution in [-0.2, 0) is 0 Å². The van der Waals surface area contributed by atoms with Crippen LogP contribution < -0.4 is 0 Å². The summed E-state index contributed by atoms with van der Waals surface area (Å²) >= 11 is 0. The summed E-state index contributed by atoms with van der Waals surface area (Å²) in [7, 11) is 0. The molecule has 2 aromatic carbocycles.